The zero-order valence-corrected chi connectivity index (χ0v) is 15.0. The van der Waals surface area contributed by atoms with Crippen molar-refractivity contribution < 1.29 is 4.79 Å². The molecule has 1 saturated heterocycles. The van der Waals surface area contributed by atoms with Crippen molar-refractivity contribution in [3.63, 3.8) is 0 Å². The van der Waals surface area contributed by atoms with Crippen LogP contribution in [-0.4, -0.2) is 42.7 Å². The number of rotatable bonds is 4. The maximum Gasteiger partial charge on any atom is 0.272 e. The number of benzene rings is 1. The fourth-order valence-corrected chi connectivity index (χ4v) is 3.64. The van der Waals surface area contributed by atoms with Crippen LogP contribution in [0, 0.1) is 6.92 Å². The molecule has 3 aromatic rings. The van der Waals surface area contributed by atoms with E-state index in [4.69, 9.17) is 0 Å². The molecule has 26 heavy (non-hydrogen) atoms. The van der Waals surface area contributed by atoms with Crippen LogP contribution in [0.3, 0.4) is 0 Å². The van der Waals surface area contributed by atoms with E-state index >= 15 is 0 Å². The van der Waals surface area contributed by atoms with E-state index in [1.807, 2.05) is 63.8 Å². The van der Waals surface area contributed by atoms with Gasteiger partial charge in [-0.1, -0.05) is 18.2 Å². The van der Waals surface area contributed by atoms with Crippen molar-refractivity contribution in [3.05, 3.63) is 66.5 Å². The van der Waals surface area contributed by atoms with Crippen LogP contribution in [0.4, 0.5) is 0 Å². The highest BCUT2D eigenvalue weighted by Crippen LogP contribution is 2.22. The molecule has 0 radical (unpaired) electrons. The number of nitrogens with zero attached hydrogens (tertiary/aromatic N) is 5. The molecule has 2 aromatic heterocycles. The van der Waals surface area contributed by atoms with E-state index in [0.29, 0.717) is 5.69 Å². The first-order valence-corrected chi connectivity index (χ1v) is 9.10. The summed E-state index contributed by atoms with van der Waals surface area (Å²) in [6.45, 7) is 3.55. The van der Waals surface area contributed by atoms with Gasteiger partial charge in [-0.2, -0.15) is 5.10 Å². The van der Waals surface area contributed by atoms with E-state index in [1.165, 1.54) is 0 Å². The van der Waals surface area contributed by atoms with Crippen molar-refractivity contribution in [2.24, 2.45) is 0 Å². The summed E-state index contributed by atoms with van der Waals surface area (Å²) in [5, 5.41) is 4.39. The Kier molecular flexibility index (Phi) is 4.56. The molecular weight excluding hydrogens is 326 g/mol. The number of para-hydroxylation sites is 1. The molecule has 0 N–H and O–H groups in total. The van der Waals surface area contributed by atoms with Gasteiger partial charge in [-0.15, -0.1) is 0 Å². The van der Waals surface area contributed by atoms with Gasteiger partial charge in [-0.05, 0) is 43.9 Å². The van der Waals surface area contributed by atoms with Crippen LogP contribution in [0.5, 0.6) is 0 Å². The Balaban J connectivity index is 1.59. The number of imidazole rings is 1. The van der Waals surface area contributed by atoms with Gasteiger partial charge in [-0.3, -0.25) is 14.0 Å². The molecule has 0 spiro atoms. The van der Waals surface area contributed by atoms with Crippen LogP contribution in [-0.2, 0) is 6.54 Å². The maximum atomic E-state index is 13.3. The predicted molar refractivity (Wildman–Crippen MR) is 99.2 cm³/mol. The Morgan fingerprint density at radius 3 is 2.81 bits per heavy atom. The number of carbonyl (C=O) groups is 1. The monoisotopic (exact) mass is 349 g/mol. The molecule has 3 heterocycles. The van der Waals surface area contributed by atoms with Gasteiger partial charge in [0.05, 0.1) is 31.3 Å². The van der Waals surface area contributed by atoms with Crippen LogP contribution < -0.4 is 0 Å². The predicted octanol–water partition coefficient (Wildman–Crippen LogP) is 3.07. The molecule has 0 bridgehead atoms. The van der Waals surface area contributed by atoms with E-state index in [-0.39, 0.29) is 11.9 Å². The van der Waals surface area contributed by atoms with Crippen LogP contribution in [0.25, 0.3) is 5.69 Å². The van der Waals surface area contributed by atoms with Crippen LogP contribution in [0.2, 0.25) is 0 Å². The fraction of sp³-hybridized carbons (Fsp3) is 0.350. The summed E-state index contributed by atoms with van der Waals surface area (Å²) in [5.41, 5.74) is 2.70. The lowest BCUT2D eigenvalue weighted by Gasteiger charge is -2.35. The summed E-state index contributed by atoms with van der Waals surface area (Å²) in [4.78, 5) is 19.5. The maximum absolute atomic E-state index is 13.3. The third-order valence-corrected chi connectivity index (χ3v) is 4.94. The molecule has 4 rings (SSSR count). The molecule has 1 aliphatic heterocycles. The fourth-order valence-electron chi connectivity index (χ4n) is 3.64. The Bertz CT molecular complexity index is 883. The molecule has 1 amide bonds. The summed E-state index contributed by atoms with van der Waals surface area (Å²) in [6.07, 6.45) is 10.5. The molecule has 1 aromatic carbocycles. The SMILES string of the molecule is Cc1cnn(CC2CCCCN2C(=O)c2cncn2-c2ccccc2)c1. The molecular formula is C20H23N5O. The third-order valence-electron chi connectivity index (χ3n) is 4.94. The van der Waals surface area contributed by atoms with Gasteiger partial charge in [0.1, 0.15) is 5.69 Å². The largest absolute Gasteiger partial charge is 0.332 e. The number of piperidine rings is 1. The third kappa shape index (κ3) is 3.27. The van der Waals surface area contributed by atoms with E-state index < -0.39 is 0 Å². The van der Waals surface area contributed by atoms with Crippen LogP contribution >= 0.6 is 0 Å². The summed E-state index contributed by atoms with van der Waals surface area (Å²) in [6, 6.07) is 10.0. The average molecular weight is 349 g/mol. The quantitative estimate of drug-likeness (QED) is 0.727. The summed E-state index contributed by atoms with van der Waals surface area (Å²) in [5.74, 6) is 0.0416. The van der Waals surface area contributed by atoms with Gasteiger partial charge in [0.2, 0.25) is 0 Å². The topological polar surface area (TPSA) is 56.0 Å². The highest BCUT2D eigenvalue weighted by atomic mass is 16.2. The summed E-state index contributed by atoms with van der Waals surface area (Å²) >= 11 is 0. The number of amides is 1. The second-order valence-electron chi connectivity index (χ2n) is 6.87. The number of aryl methyl sites for hydroxylation is 1. The Hall–Kier alpha value is -2.89. The Morgan fingerprint density at radius 2 is 2.04 bits per heavy atom. The Morgan fingerprint density at radius 1 is 1.19 bits per heavy atom. The minimum Gasteiger partial charge on any atom is -0.332 e. The lowest BCUT2D eigenvalue weighted by molar-refractivity contribution is 0.0575. The normalized spacial score (nSPS) is 17.4. The molecule has 6 nitrogen and oxygen atoms in total. The van der Waals surface area contributed by atoms with Crippen molar-refractivity contribution in [3.8, 4) is 5.69 Å². The molecule has 134 valence electrons. The first-order chi connectivity index (χ1) is 12.7. The average Bonchev–Trinajstić information content (AvgIpc) is 3.31. The van der Waals surface area contributed by atoms with Gasteiger partial charge in [0, 0.05) is 18.4 Å². The first kappa shape index (κ1) is 16.6. The lowest BCUT2D eigenvalue weighted by atomic mass is 10.0. The number of hydrogen-bond acceptors (Lipinski definition) is 3. The van der Waals surface area contributed by atoms with Crippen molar-refractivity contribution in [2.75, 3.05) is 6.54 Å². The highest BCUT2D eigenvalue weighted by Gasteiger charge is 2.29. The molecule has 1 fully saturated rings. The van der Waals surface area contributed by atoms with E-state index in [9.17, 15) is 4.79 Å². The van der Waals surface area contributed by atoms with Gasteiger partial charge in [0.15, 0.2) is 0 Å². The minimum absolute atomic E-state index is 0.0416. The molecule has 1 atom stereocenters. The summed E-state index contributed by atoms with van der Waals surface area (Å²) in [7, 11) is 0. The van der Waals surface area contributed by atoms with Crippen LogP contribution in [0.1, 0.15) is 35.3 Å². The van der Waals surface area contributed by atoms with Crippen LogP contribution in [0.15, 0.2) is 55.2 Å². The van der Waals surface area contributed by atoms with E-state index in [2.05, 4.69) is 10.1 Å². The molecule has 0 saturated carbocycles. The van der Waals surface area contributed by atoms with Crippen molar-refractivity contribution in [2.45, 2.75) is 38.8 Å². The smallest absolute Gasteiger partial charge is 0.272 e. The van der Waals surface area contributed by atoms with E-state index in [0.717, 1.165) is 43.6 Å². The Labute approximate surface area is 153 Å². The number of carbonyl (C=O) groups excluding carboxylic acids is 1. The van der Waals surface area contributed by atoms with Gasteiger partial charge >= 0.3 is 0 Å². The zero-order chi connectivity index (χ0) is 17.9. The number of aromatic nitrogens is 4. The van der Waals surface area contributed by atoms with Crippen molar-refractivity contribution >= 4 is 5.91 Å². The second kappa shape index (κ2) is 7.15. The number of hydrogen-bond donors (Lipinski definition) is 0. The molecule has 1 unspecified atom stereocenters. The standard InChI is InChI=1S/C20H23N5O/c1-16-11-22-23(13-16)14-18-9-5-6-10-24(18)20(26)19-12-21-15-25(19)17-7-3-2-4-8-17/h2-4,7-8,11-13,15,18H,5-6,9-10,14H2,1H3. The highest BCUT2D eigenvalue weighted by molar-refractivity contribution is 5.93. The zero-order valence-electron chi connectivity index (χ0n) is 15.0. The lowest BCUT2D eigenvalue weighted by Crippen LogP contribution is -2.46. The molecule has 1 aliphatic rings. The van der Waals surface area contributed by atoms with Gasteiger partial charge < -0.3 is 4.90 Å². The van der Waals surface area contributed by atoms with Gasteiger partial charge in [0.25, 0.3) is 5.91 Å². The molecule has 0 aliphatic carbocycles. The second-order valence-corrected chi connectivity index (χ2v) is 6.87. The summed E-state index contributed by atoms with van der Waals surface area (Å²) < 4.78 is 3.81. The van der Waals surface area contributed by atoms with Gasteiger partial charge in [-0.25, -0.2) is 4.98 Å². The van der Waals surface area contributed by atoms with Crippen molar-refractivity contribution in [1.29, 1.82) is 0 Å². The van der Waals surface area contributed by atoms with E-state index in [1.54, 1.807) is 12.5 Å². The molecule has 6 heteroatoms. The number of likely N-dealkylation sites (tertiary alicyclic amines) is 1. The first-order valence-electron chi connectivity index (χ1n) is 9.10. The van der Waals surface area contributed by atoms with Crippen molar-refractivity contribution in [1.82, 2.24) is 24.2 Å². The minimum atomic E-state index is 0.0416.